The second-order valence-corrected chi connectivity index (χ2v) is 11.9. The lowest BCUT2D eigenvalue weighted by atomic mass is 9.92. The van der Waals surface area contributed by atoms with Crippen molar-refractivity contribution < 1.29 is 14.3 Å². The Morgan fingerprint density at radius 2 is 2.00 bits per heavy atom. The number of hydrogen-bond donors (Lipinski definition) is 1. The number of morpholine rings is 1. The Kier molecular flexibility index (Phi) is 6.66. The molecule has 3 fully saturated rings. The number of carbonyl (C=O) groups excluding carboxylic acids is 2. The first-order valence-corrected chi connectivity index (χ1v) is 13.4. The molecule has 1 aromatic carbocycles. The molecule has 190 valence electrons. The van der Waals surface area contributed by atoms with Crippen molar-refractivity contribution in [2.24, 2.45) is 27.2 Å². The first-order chi connectivity index (χ1) is 17.2. The van der Waals surface area contributed by atoms with Crippen LogP contribution in [0.1, 0.15) is 40.3 Å². The van der Waals surface area contributed by atoms with Crippen molar-refractivity contribution in [2.45, 2.75) is 39.8 Å². The van der Waals surface area contributed by atoms with E-state index in [1.165, 1.54) is 16.2 Å². The van der Waals surface area contributed by atoms with Crippen molar-refractivity contribution in [1.82, 2.24) is 10.2 Å². The van der Waals surface area contributed by atoms with Crippen LogP contribution in [0.3, 0.4) is 0 Å². The van der Waals surface area contributed by atoms with Crippen LogP contribution in [0.25, 0.3) is 0 Å². The van der Waals surface area contributed by atoms with Crippen LogP contribution in [-0.4, -0.2) is 62.0 Å². The number of rotatable bonds is 7. The van der Waals surface area contributed by atoms with Gasteiger partial charge in [0.05, 0.1) is 47.4 Å². The highest BCUT2D eigenvalue weighted by Gasteiger charge is 2.72. The molecule has 7 nitrogen and oxygen atoms in total. The largest absolute Gasteiger partial charge is 0.375 e. The minimum atomic E-state index is -0.223. The molecule has 3 atom stereocenters. The molecule has 0 spiro atoms. The van der Waals surface area contributed by atoms with E-state index in [1.807, 2.05) is 32.0 Å². The summed E-state index contributed by atoms with van der Waals surface area (Å²) in [5.74, 6) is -0.530. The number of ether oxygens (including phenoxy) is 1. The Labute approximate surface area is 220 Å². The third kappa shape index (κ3) is 4.24. The molecule has 1 N–H and O–H groups in total. The Morgan fingerprint density at radius 3 is 2.61 bits per heavy atom. The Morgan fingerprint density at radius 1 is 1.28 bits per heavy atom. The highest BCUT2D eigenvalue weighted by Crippen LogP contribution is 2.63. The van der Waals surface area contributed by atoms with E-state index in [1.54, 1.807) is 7.05 Å². The molecular weight excluding hydrogens is 496 g/mol. The average molecular weight is 527 g/mol. The van der Waals surface area contributed by atoms with Gasteiger partial charge < -0.3 is 10.1 Å². The lowest BCUT2D eigenvalue weighted by molar-refractivity contribution is -0.143. The third-order valence-corrected chi connectivity index (χ3v) is 9.04. The summed E-state index contributed by atoms with van der Waals surface area (Å²) < 4.78 is 5.98. The molecule has 9 heteroatoms. The molecule has 3 heterocycles. The van der Waals surface area contributed by atoms with E-state index in [-0.39, 0.29) is 41.7 Å². The standard InChI is InChI=1S/C27H31ClN4O3S/c1-14-8-15(28)9-19(18(14)10-16-12-31-6-7-35-16)23(30-5)24-20(29-4)11-17(36-24)13-32-25(33)21-22(26(32)34)27(21,2)3/h8-9,11,16,21-22,31H,4,6-7,10,12-13H2,1-3,5H3/b30-23-/t16-,21?,22?/m1/s1. The van der Waals surface area contributed by atoms with Crippen molar-refractivity contribution in [3.8, 4) is 0 Å². The van der Waals surface area contributed by atoms with Gasteiger partial charge in [-0.2, -0.15) is 0 Å². The number of benzene rings is 1. The number of nitrogens with one attached hydrogen (secondary N) is 1. The van der Waals surface area contributed by atoms with Gasteiger partial charge in [-0.15, -0.1) is 11.3 Å². The van der Waals surface area contributed by atoms with Crippen molar-refractivity contribution >= 4 is 52.9 Å². The summed E-state index contributed by atoms with van der Waals surface area (Å²) >= 11 is 7.99. The van der Waals surface area contributed by atoms with Crippen molar-refractivity contribution in [3.05, 3.63) is 49.7 Å². The minimum absolute atomic E-state index is 0.0641. The van der Waals surface area contributed by atoms with Gasteiger partial charge in [-0.25, -0.2) is 0 Å². The maximum Gasteiger partial charge on any atom is 0.234 e. The van der Waals surface area contributed by atoms with Gasteiger partial charge in [0, 0.05) is 42.0 Å². The fraction of sp³-hybridized carbons (Fsp3) is 0.481. The molecular formula is C27H31ClN4O3S. The summed E-state index contributed by atoms with van der Waals surface area (Å²) in [7, 11) is 1.75. The molecule has 3 aliphatic rings. The Hall–Kier alpha value is -2.39. The molecule has 2 amide bonds. The molecule has 2 aliphatic heterocycles. The van der Waals surface area contributed by atoms with Crippen LogP contribution >= 0.6 is 22.9 Å². The van der Waals surface area contributed by atoms with Crippen LogP contribution in [0, 0.1) is 24.2 Å². The van der Waals surface area contributed by atoms with E-state index in [0.29, 0.717) is 17.3 Å². The SMILES string of the molecule is C=Nc1cc(CN2C(=O)C3C(C2=O)C3(C)C)sc1/C(=N\C)c1cc(Cl)cc(C)c1C[C@@H]1CNCCO1. The number of piperidine rings is 1. The first kappa shape index (κ1) is 25.3. The predicted octanol–water partition coefficient (Wildman–Crippen LogP) is 4.18. The molecule has 0 bridgehead atoms. The van der Waals surface area contributed by atoms with Crippen LogP contribution in [0.2, 0.25) is 5.02 Å². The van der Waals surface area contributed by atoms with Crippen LogP contribution in [0.5, 0.6) is 0 Å². The van der Waals surface area contributed by atoms with Gasteiger partial charge in [0.1, 0.15) is 0 Å². The van der Waals surface area contributed by atoms with Crippen molar-refractivity contribution in [1.29, 1.82) is 0 Å². The number of nitrogens with zero attached hydrogens (tertiary/aromatic N) is 3. The first-order valence-electron chi connectivity index (χ1n) is 12.2. The van der Waals surface area contributed by atoms with Gasteiger partial charge in [-0.05, 0) is 48.4 Å². The number of imide groups is 1. The quantitative estimate of drug-likeness (QED) is 0.433. The van der Waals surface area contributed by atoms with E-state index in [0.717, 1.165) is 51.7 Å². The zero-order chi connectivity index (χ0) is 25.8. The Bertz CT molecular complexity index is 1250. The number of carbonyl (C=O) groups is 2. The van der Waals surface area contributed by atoms with E-state index in [9.17, 15) is 9.59 Å². The van der Waals surface area contributed by atoms with E-state index in [2.05, 4.69) is 28.9 Å². The zero-order valence-corrected chi connectivity index (χ0v) is 22.6. The fourth-order valence-electron chi connectivity index (χ4n) is 5.69. The highest BCUT2D eigenvalue weighted by atomic mass is 35.5. The number of thiophene rings is 1. The van der Waals surface area contributed by atoms with E-state index >= 15 is 0 Å². The molecule has 1 aromatic heterocycles. The summed E-state index contributed by atoms with van der Waals surface area (Å²) in [5.41, 5.74) is 4.37. The van der Waals surface area contributed by atoms with E-state index in [4.69, 9.17) is 16.3 Å². The number of amides is 2. The molecule has 1 aliphatic carbocycles. The maximum atomic E-state index is 12.9. The molecule has 36 heavy (non-hydrogen) atoms. The second kappa shape index (κ2) is 9.49. The minimum Gasteiger partial charge on any atom is -0.375 e. The number of aryl methyl sites for hydroxylation is 1. The third-order valence-electron chi connectivity index (χ3n) is 7.71. The van der Waals surface area contributed by atoms with Crippen LogP contribution in [-0.2, 0) is 27.3 Å². The van der Waals surface area contributed by atoms with E-state index < -0.39 is 0 Å². The van der Waals surface area contributed by atoms with Crippen molar-refractivity contribution in [2.75, 3.05) is 26.7 Å². The smallest absolute Gasteiger partial charge is 0.234 e. The van der Waals surface area contributed by atoms with Crippen LogP contribution in [0.15, 0.2) is 28.2 Å². The highest BCUT2D eigenvalue weighted by molar-refractivity contribution is 7.15. The normalized spacial score (nSPS) is 25.3. The summed E-state index contributed by atoms with van der Waals surface area (Å²) in [6.07, 6.45) is 0.795. The number of aliphatic imine (C=N–C) groups is 2. The number of hydrogen-bond acceptors (Lipinski definition) is 7. The van der Waals surface area contributed by atoms with Gasteiger partial charge in [-0.1, -0.05) is 25.4 Å². The van der Waals surface area contributed by atoms with Crippen LogP contribution < -0.4 is 5.32 Å². The molecule has 2 unspecified atom stereocenters. The van der Waals surface area contributed by atoms with Gasteiger partial charge in [-0.3, -0.25) is 24.5 Å². The zero-order valence-electron chi connectivity index (χ0n) is 21.1. The topological polar surface area (TPSA) is 83.4 Å². The molecule has 5 rings (SSSR count). The summed E-state index contributed by atoms with van der Waals surface area (Å²) in [6.45, 7) is 12.4. The maximum absolute atomic E-state index is 12.9. The van der Waals surface area contributed by atoms with Crippen LogP contribution in [0.4, 0.5) is 5.69 Å². The average Bonchev–Trinajstić information content (AvgIpc) is 3.09. The van der Waals surface area contributed by atoms with Gasteiger partial charge in [0.2, 0.25) is 11.8 Å². The van der Waals surface area contributed by atoms with Gasteiger partial charge in [0.25, 0.3) is 0 Å². The lowest BCUT2D eigenvalue weighted by Crippen LogP contribution is -2.40. The predicted molar refractivity (Wildman–Crippen MR) is 144 cm³/mol. The van der Waals surface area contributed by atoms with Gasteiger partial charge in [0.15, 0.2) is 0 Å². The monoisotopic (exact) mass is 526 g/mol. The van der Waals surface area contributed by atoms with Crippen molar-refractivity contribution in [3.63, 3.8) is 0 Å². The fourth-order valence-corrected chi connectivity index (χ4v) is 7.11. The van der Waals surface area contributed by atoms with Gasteiger partial charge >= 0.3 is 0 Å². The molecule has 2 saturated heterocycles. The summed E-state index contributed by atoms with van der Waals surface area (Å²) in [5, 5.41) is 4.03. The number of halogens is 1. The number of likely N-dealkylation sites (tertiary alicyclic amines) is 1. The Balaban J connectivity index is 1.47. The molecule has 1 saturated carbocycles. The molecule has 0 radical (unpaired) electrons. The second-order valence-electron chi connectivity index (χ2n) is 10.3. The molecule has 2 aromatic rings. The summed E-state index contributed by atoms with van der Waals surface area (Å²) in [6, 6.07) is 5.81. The summed E-state index contributed by atoms with van der Waals surface area (Å²) in [4.78, 5) is 37.8. The number of fused-ring (bicyclic) bond motifs is 1. The lowest BCUT2D eigenvalue weighted by Gasteiger charge is -2.25.